The van der Waals surface area contributed by atoms with E-state index in [1.54, 1.807) is 13.8 Å². The molecule has 1 aromatic rings. The Morgan fingerprint density at radius 3 is 1.90 bits per heavy atom. The molecule has 0 saturated heterocycles. The van der Waals surface area contributed by atoms with E-state index in [0.29, 0.717) is 11.4 Å². The largest absolute Gasteiger partial charge is 0.396 e. The van der Waals surface area contributed by atoms with Crippen LogP contribution in [0.4, 0.5) is 13.2 Å². The Bertz CT molecular complexity index is 467. The van der Waals surface area contributed by atoms with Crippen molar-refractivity contribution in [3.05, 3.63) is 22.8 Å². The summed E-state index contributed by atoms with van der Waals surface area (Å²) >= 11 is 0. The Labute approximate surface area is 124 Å². The van der Waals surface area contributed by atoms with E-state index in [9.17, 15) is 13.2 Å². The molecular formula is C15H24F3N3. The molecule has 1 aromatic heterocycles. The van der Waals surface area contributed by atoms with Gasteiger partial charge >= 0.3 is 6.18 Å². The molecule has 0 aliphatic carbocycles. The fourth-order valence-electron chi connectivity index (χ4n) is 2.33. The van der Waals surface area contributed by atoms with Gasteiger partial charge in [0.2, 0.25) is 0 Å². The number of alkyl halides is 3. The van der Waals surface area contributed by atoms with E-state index >= 15 is 0 Å². The summed E-state index contributed by atoms with van der Waals surface area (Å²) in [6.45, 7) is 12.5. The highest BCUT2D eigenvalue weighted by Crippen LogP contribution is 2.24. The van der Waals surface area contributed by atoms with Crippen molar-refractivity contribution in [2.75, 3.05) is 6.54 Å². The molecule has 6 heteroatoms. The van der Waals surface area contributed by atoms with Gasteiger partial charge in [-0.2, -0.15) is 13.2 Å². The Morgan fingerprint density at radius 1 is 1.05 bits per heavy atom. The number of hydrogen-bond acceptors (Lipinski definition) is 3. The molecule has 0 radical (unpaired) electrons. The Kier molecular flexibility index (Phi) is 5.36. The summed E-state index contributed by atoms with van der Waals surface area (Å²) in [6, 6.07) is 0. The van der Waals surface area contributed by atoms with Gasteiger partial charge in [0, 0.05) is 23.5 Å². The molecule has 1 atom stereocenters. The van der Waals surface area contributed by atoms with Crippen LogP contribution in [-0.2, 0) is 6.42 Å². The van der Waals surface area contributed by atoms with Crippen molar-refractivity contribution in [1.82, 2.24) is 15.3 Å². The number of halogens is 3. The first-order chi connectivity index (χ1) is 9.39. The van der Waals surface area contributed by atoms with Crippen LogP contribution < -0.4 is 5.32 Å². The van der Waals surface area contributed by atoms with Crippen LogP contribution in [0.15, 0.2) is 0 Å². The van der Waals surface area contributed by atoms with Gasteiger partial charge in [0.25, 0.3) is 0 Å². The monoisotopic (exact) mass is 303 g/mol. The lowest BCUT2D eigenvalue weighted by Crippen LogP contribution is -2.38. The molecule has 0 saturated carbocycles. The van der Waals surface area contributed by atoms with Gasteiger partial charge in [0.15, 0.2) is 0 Å². The smallest absolute Gasteiger partial charge is 0.311 e. The van der Waals surface area contributed by atoms with E-state index in [4.69, 9.17) is 0 Å². The van der Waals surface area contributed by atoms with Crippen LogP contribution in [0, 0.1) is 13.8 Å². The Balaban J connectivity index is 2.94. The molecule has 0 bridgehead atoms. The van der Waals surface area contributed by atoms with Crippen LogP contribution >= 0.6 is 0 Å². The van der Waals surface area contributed by atoms with Crippen LogP contribution in [0.3, 0.4) is 0 Å². The molecule has 3 nitrogen and oxygen atoms in total. The Morgan fingerprint density at radius 2 is 1.52 bits per heavy atom. The van der Waals surface area contributed by atoms with Crippen molar-refractivity contribution in [3.63, 3.8) is 0 Å². The van der Waals surface area contributed by atoms with Gasteiger partial charge in [0.1, 0.15) is 12.2 Å². The average molecular weight is 303 g/mol. The van der Waals surface area contributed by atoms with Crippen molar-refractivity contribution >= 4 is 0 Å². The quantitative estimate of drug-likeness (QED) is 0.922. The first kappa shape index (κ1) is 17.9. The van der Waals surface area contributed by atoms with Crippen LogP contribution in [0.2, 0.25) is 0 Å². The van der Waals surface area contributed by atoms with E-state index in [2.05, 4.69) is 36.1 Å². The normalized spacial score (nSPS) is 14.3. The standard InChI is InChI=1S/C15H24F3N3/c1-9(8-19-14(4,5)6)13-10(2)20-12(21-11(13)3)7-15(16,17)18/h9,19H,7-8H2,1-6H3. The third-order valence-corrected chi connectivity index (χ3v) is 3.16. The zero-order valence-corrected chi connectivity index (χ0v) is 13.5. The third kappa shape index (κ3) is 5.99. The minimum atomic E-state index is -4.28. The lowest BCUT2D eigenvalue weighted by Gasteiger charge is -2.25. The third-order valence-electron chi connectivity index (χ3n) is 3.16. The maximum atomic E-state index is 12.4. The summed E-state index contributed by atoms with van der Waals surface area (Å²) in [4.78, 5) is 8.05. The zero-order valence-electron chi connectivity index (χ0n) is 13.5. The summed E-state index contributed by atoms with van der Waals surface area (Å²) in [5, 5.41) is 3.39. The summed E-state index contributed by atoms with van der Waals surface area (Å²) < 4.78 is 37.3. The summed E-state index contributed by atoms with van der Waals surface area (Å²) in [5.74, 6) is -0.0126. The van der Waals surface area contributed by atoms with Crippen molar-refractivity contribution in [1.29, 1.82) is 0 Å². The second-order valence-corrected chi connectivity index (χ2v) is 6.55. The first-order valence-electron chi connectivity index (χ1n) is 7.05. The minimum Gasteiger partial charge on any atom is -0.311 e. The van der Waals surface area contributed by atoms with E-state index in [1.165, 1.54) is 0 Å². The molecule has 0 aromatic carbocycles. The lowest BCUT2D eigenvalue weighted by atomic mass is 9.96. The maximum absolute atomic E-state index is 12.4. The highest BCUT2D eigenvalue weighted by atomic mass is 19.4. The maximum Gasteiger partial charge on any atom is 0.396 e. The lowest BCUT2D eigenvalue weighted by molar-refractivity contribution is -0.128. The topological polar surface area (TPSA) is 37.8 Å². The van der Waals surface area contributed by atoms with Gasteiger partial charge in [-0.25, -0.2) is 9.97 Å². The Hall–Kier alpha value is -1.17. The van der Waals surface area contributed by atoms with Gasteiger partial charge in [0.05, 0.1) is 0 Å². The van der Waals surface area contributed by atoms with Crippen LogP contribution in [-0.4, -0.2) is 28.2 Å². The van der Waals surface area contributed by atoms with E-state index in [-0.39, 0.29) is 17.3 Å². The average Bonchev–Trinajstić information content (AvgIpc) is 2.21. The van der Waals surface area contributed by atoms with Gasteiger partial charge in [-0.15, -0.1) is 0 Å². The number of aryl methyl sites for hydroxylation is 2. The van der Waals surface area contributed by atoms with Crippen molar-refractivity contribution in [2.24, 2.45) is 0 Å². The molecule has 0 spiro atoms. The second-order valence-electron chi connectivity index (χ2n) is 6.55. The van der Waals surface area contributed by atoms with Crippen LogP contribution in [0.1, 0.15) is 56.4 Å². The number of nitrogens with one attached hydrogen (secondary N) is 1. The summed E-state index contributed by atoms with van der Waals surface area (Å²) in [7, 11) is 0. The van der Waals surface area contributed by atoms with Gasteiger partial charge in [-0.3, -0.25) is 0 Å². The fourth-order valence-corrected chi connectivity index (χ4v) is 2.33. The highest BCUT2D eigenvalue weighted by molar-refractivity contribution is 5.28. The molecule has 1 heterocycles. The SMILES string of the molecule is Cc1nc(CC(F)(F)F)nc(C)c1C(C)CNC(C)(C)C. The molecule has 120 valence electrons. The van der Waals surface area contributed by atoms with Crippen LogP contribution in [0.25, 0.3) is 0 Å². The van der Waals surface area contributed by atoms with E-state index < -0.39 is 12.6 Å². The van der Waals surface area contributed by atoms with Crippen molar-refractivity contribution in [2.45, 2.75) is 65.6 Å². The zero-order chi connectivity index (χ0) is 16.4. The van der Waals surface area contributed by atoms with Gasteiger partial charge in [-0.1, -0.05) is 6.92 Å². The predicted molar refractivity (Wildman–Crippen MR) is 77.4 cm³/mol. The molecule has 1 N–H and O–H groups in total. The highest BCUT2D eigenvalue weighted by Gasteiger charge is 2.30. The van der Waals surface area contributed by atoms with Crippen molar-refractivity contribution in [3.8, 4) is 0 Å². The fraction of sp³-hybridized carbons (Fsp3) is 0.733. The molecule has 0 amide bonds. The van der Waals surface area contributed by atoms with Gasteiger partial charge in [-0.05, 0) is 46.1 Å². The molecule has 0 aliphatic rings. The molecule has 0 aliphatic heterocycles. The van der Waals surface area contributed by atoms with Crippen LogP contribution in [0.5, 0.6) is 0 Å². The minimum absolute atomic E-state index is 0.00679. The number of nitrogens with zero attached hydrogens (tertiary/aromatic N) is 2. The van der Waals surface area contributed by atoms with E-state index in [1.807, 2.05) is 6.92 Å². The summed E-state index contributed by atoms with van der Waals surface area (Å²) in [6.07, 6.45) is -5.36. The van der Waals surface area contributed by atoms with E-state index in [0.717, 1.165) is 12.1 Å². The molecule has 1 unspecified atom stereocenters. The number of aromatic nitrogens is 2. The number of hydrogen-bond donors (Lipinski definition) is 1. The molecule has 0 fully saturated rings. The van der Waals surface area contributed by atoms with Crippen molar-refractivity contribution < 1.29 is 13.2 Å². The number of rotatable bonds is 4. The molecule has 1 rings (SSSR count). The first-order valence-corrected chi connectivity index (χ1v) is 7.05. The predicted octanol–water partition coefficient (Wildman–Crippen LogP) is 3.69. The summed E-state index contributed by atoms with van der Waals surface area (Å²) in [5.41, 5.74) is 2.18. The molecular weight excluding hydrogens is 279 g/mol. The van der Waals surface area contributed by atoms with Gasteiger partial charge < -0.3 is 5.32 Å². The molecule has 21 heavy (non-hydrogen) atoms. The second kappa shape index (κ2) is 6.30.